The van der Waals surface area contributed by atoms with Crippen LogP contribution in [-0.2, 0) is 11.3 Å². The minimum atomic E-state index is -0.411. The third kappa shape index (κ3) is 6.19. The van der Waals surface area contributed by atoms with Gasteiger partial charge in [0.15, 0.2) is 11.0 Å². The van der Waals surface area contributed by atoms with E-state index < -0.39 is 6.04 Å². The van der Waals surface area contributed by atoms with Gasteiger partial charge in [0.2, 0.25) is 5.91 Å². The summed E-state index contributed by atoms with van der Waals surface area (Å²) in [6.07, 6.45) is 1.71. The lowest BCUT2D eigenvalue weighted by molar-refractivity contribution is -0.113. The van der Waals surface area contributed by atoms with E-state index in [-0.39, 0.29) is 17.6 Å². The summed E-state index contributed by atoms with van der Waals surface area (Å²) in [5, 5.41) is 15.2. The van der Waals surface area contributed by atoms with Gasteiger partial charge in [-0.25, -0.2) is 0 Å². The fraction of sp³-hybridized carbons (Fsp3) is 0.182. The highest BCUT2D eigenvalue weighted by atomic mass is 35.5. The van der Waals surface area contributed by atoms with Crippen molar-refractivity contribution in [2.75, 3.05) is 11.1 Å². The van der Waals surface area contributed by atoms with Crippen molar-refractivity contribution in [3.8, 4) is 0 Å². The Balaban J connectivity index is 1.67. The van der Waals surface area contributed by atoms with Gasteiger partial charge in [-0.2, -0.15) is 0 Å². The molecule has 2 aromatic carbocycles. The first kappa shape index (κ1) is 22.6. The summed E-state index contributed by atoms with van der Waals surface area (Å²) in [7, 11) is 0. The molecule has 1 atom stereocenters. The van der Waals surface area contributed by atoms with Gasteiger partial charge in [0, 0.05) is 22.8 Å². The normalized spacial score (nSPS) is 11.5. The number of para-hydroxylation sites is 1. The molecule has 0 saturated heterocycles. The average Bonchev–Trinajstić information content (AvgIpc) is 3.16. The molecule has 3 aromatic rings. The Morgan fingerprint density at radius 2 is 1.97 bits per heavy atom. The highest BCUT2D eigenvalue weighted by molar-refractivity contribution is 7.99. The molecule has 9 heteroatoms. The highest BCUT2D eigenvalue weighted by Gasteiger charge is 2.20. The van der Waals surface area contributed by atoms with Crippen molar-refractivity contribution >= 4 is 40.9 Å². The van der Waals surface area contributed by atoms with Crippen LogP contribution in [0.2, 0.25) is 5.02 Å². The Morgan fingerprint density at radius 1 is 1.19 bits per heavy atom. The van der Waals surface area contributed by atoms with E-state index in [1.165, 1.54) is 11.8 Å². The van der Waals surface area contributed by atoms with Gasteiger partial charge in [-0.3, -0.25) is 9.59 Å². The first-order chi connectivity index (χ1) is 15.0. The van der Waals surface area contributed by atoms with Crippen LogP contribution in [-0.4, -0.2) is 32.3 Å². The van der Waals surface area contributed by atoms with Crippen molar-refractivity contribution in [2.45, 2.75) is 24.7 Å². The van der Waals surface area contributed by atoms with E-state index in [1.807, 2.05) is 41.8 Å². The standard InChI is InChI=1S/C22H22ClN5O2S/c1-3-12-28-20(15(2)24-21(30)16-8-7-9-17(23)13-16)26-27-22(28)31-14-19(29)25-18-10-5-4-6-11-18/h3-11,13,15H,1,12,14H2,2H3,(H,24,30)(H,25,29)/t15-/m1/s1. The molecule has 31 heavy (non-hydrogen) atoms. The number of nitrogens with zero attached hydrogens (tertiary/aromatic N) is 3. The van der Waals surface area contributed by atoms with Gasteiger partial charge >= 0.3 is 0 Å². The number of hydrogen-bond acceptors (Lipinski definition) is 5. The Morgan fingerprint density at radius 3 is 2.68 bits per heavy atom. The van der Waals surface area contributed by atoms with Gasteiger partial charge in [0.05, 0.1) is 11.8 Å². The lowest BCUT2D eigenvalue weighted by atomic mass is 10.2. The number of allylic oxidation sites excluding steroid dienone is 1. The molecule has 0 fully saturated rings. The maximum Gasteiger partial charge on any atom is 0.251 e. The summed E-state index contributed by atoms with van der Waals surface area (Å²) in [4.78, 5) is 24.8. The van der Waals surface area contributed by atoms with Crippen LogP contribution in [0.5, 0.6) is 0 Å². The van der Waals surface area contributed by atoms with Crippen LogP contribution in [0, 0.1) is 0 Å². The van der Waals surface area contributed by atoms with E-state index in [0.717, 1.165) is 5.69 Å². The van der Waals surface area contributed by atoms with E-state index in [4.69, 9.17) is 11.6 Å². The second-order valence-corrected chi connectivity index (χ2v) is 8.03. The molecule has 160 valence electrons. The fourth-order valence-electron chi connectivity index (χ4n) is 2.85. The molecule has 0 aliphatic carbocycles. The van der Waals surface area contributed by atoms with Crippen molar-refractivity contribution < 1.29 is 9.59 Å². The molecule has 0 aliphatic rings. The SMILES string of the molecule is C=CCn1c(SCC(=O)Nc2ccccc2)nnc1[C@@H](C)NC(=O)c1cccc(Cl)c1. The van der Waals surface area contributed by atoms with E-state index in [9.17, 15) is 9.59 Å². The summed E-state index contributed by atoms with van der Waals surface area (Å²) < 4.78 is 1.83. The number of benzene rings is 2. The number of halogens is 1. The molecule has 0 saturated carbocycles. The number of aromatic nitrogens is 3. The van der Waals surface area contributed by atoms with E-state index in [1.54, 1.807) is 30.3 Å². The highest BCUT2D eigenvalue weighted by Crippen LogP contribution is 2.22. The molecule has 2 N–H and O–H groups in total. The molecule has 0 aliphatic heterocycles. The molecular formula is C22H22ClN5O2S. The first-order valence-electron chi connectivity index (χ1n) is 9.56. The smallest absolute Gasteiger partial charge is 0.251 e. The molecule has 0 radical (unpaired) electrons. The van der Waals surface area contributed by atoms with Gasteiger partial charge in [-0.05, 0) is 37.3 Å². The van der Waals surface area contributed by atoms with Crippen molar-refractivity contribution in [3.63, 3.8) is 0 Å². The van der Waals surface area contributed by atoms with Crippen molar-refractivity contribution in [1.82, 2.24) is 20.1 Å². The lowest BCUT2D eigenvalue weighted by Crippen LogP contribution is -2.28. The van der Waals surface area contributed by atoms with Crippen LogP contribution in [0.3, 0.4) is 0 Å². The van der Waals surface area contributed by atoms with E-state index in [0.29, 0.717) is 28.1 Å². The largest absolute Gasteiger partial charge is 0.342 e. The molecule has 2 amide bonds. The minimum Gasteiger partial charge on any atom is -0.342 e. The van der Waals surface area contributed by atoms with Gasteiger partial charge in [0.25, 0.3) is 5.91 Å². The van der Waals surface area contributed by atoms with Crippen LogP contribution in [0.25, 0.3) is 0 Å². The molecular weight excluding hydrogens is 434 g/mol. The van der Waals surface area contributed by atoms with Crippen LogP contribution in [0.1, 0.15) is 29.1 Å². The lowest BCUT2D eigenvalue weighted by Gasteiger charge is -2.15. The summed E-state index contributed by atoms with van der Waals surface area (Å²) in [5.74, 6) is 0.335. The molecule has 0 spiro atoms. The summed E-state index contributed by atoms with van der Waals surface area (Å²) in [6.45, 7) is 6.05. The summed E-state index contributed by atoms with van der Waals surface area (Å²) >= 11 is 7.24. The van der Waals surface area contributed by atoms with Crippen LogP contribution in [0.4, 0.5) is 5.69 Å². The Hall–Kier alpha value is -3.10. The number of hydrogen-bond donors (Lipinski definition) is 2. The van der Waals surface area contributed by atoms with E-state index in [2.05, 4.69) is 27.4 Å². The third-order valence-corrected chi connectivity index (χ3v) is 5.47. The maximum atomic E-state index is 12.5. The summed E-state index contributed by atoms with van der Waals surface area (Å²) in [6, 6.07) is 15.6. The molecule has 3 rings (SSSR count). The number of anilines is 1. The van der Waals surface area contributed by atoms with Gasteiger partial charge < -0.3 is 15.2 Å². The molecule has 1 heterocycles. The first-order valence-corrected chi connectivity index (χ1v) is 10.9. The second kappa shape index (κ2) is 10.8. The Bertz CT molecular complexity index is 1070. The zero-order valence-electron chi connectivity index (χ0n) is 16.9. The number of carbonyl (C=O) groups excluding carboxylic acids is 2. The molecule has 7 nitrogen and oxygen atoms in total. The van der Waals surface area contributed by atoms with E-state index >= 15 is 0 Å². The van der Waals surface area contributed by atoms with Gasteiger partial charge in [-0.1, -0.05) is 53.7 Å². The van der Waals surface area contributed by atoms with Crippen LogP contribution >= 0.6 is 23.4 Å². The predicted molar refractivity (Wildman–Crippen MR) is 123 cm³/mol. The molecule has 1 aromatic heterocycles. The number of rotatable bonds is 9. The predicted octanol–water partition coefficient (Wildman–Crippen LogP) is 4.34. The zero-order chi connectivity index (χ0) is 22.2. The minimum absolute atomic E-state index is 0.145. The number of thioether (sulfide) groups is 1. The number of amides is 2. The van der Waals surface area contributed by atoms with Crippen molar-refractivity contribution in [2.24, 2.45) is 0 Å². The number of carbonyl (C=O) groups is 2. The second-order valence-electron chi connectivity index (χ2n) is 6.65. The zero-order valence-corrected chi connectivity index (χ0v) is 18.5. The topological polar surface area (TPSA) is 88.9 Å². The average molecular weight is 456 g/mol. The van der Waals surface area contributed by atoms with Gasteiger partial charge in [-0.15, -0.1) is 16.8 Å². The Kier molecular flexibility index (Phi) is 7.86. The fourth-order valence-corrected chi connectivity index (χ4v) is 3.80. The third-order valence-electron chi connectivity index (χ3n) is 4.27. The van der Waals surface area contributed by atoms with Gasteiger partial charge in [0.1, 0.15) is 0 Å². The number of nitrogens with one attached hydrogen (secondary N) is 2. The summed E-state index contributed by atoms with van der Waals surface area (Å²) in [5.41, 5.74) is 1.19. The maximum absolute atomic E-state index is 12.5. The van der Waals surface area contributed by atoms with Crippen LogP contribution < -0.4 is 10.6 Å². The monoisotopic (exact) mass is 455 g/mol. The quantitative estimate of drug-likeness (QED) is 0.370. The van der Waals surface area contributed by atoms with Crippen LogP contribution in [0.15, 0.2) is 72.4 Å². The van der Waals surface area contributed by atoms with Crippen molar-refractivity contribution in [3.05, 3.63) is 83.7 Å². The Labute approximate surface area is 189 Å². The molecule has 0 unspecified atom stereocenters. The van der Waals surface area contributed by atoms with Crippen molar-refractivity contribution in [1.29, 1.82) is 0 Å². The molecule has 0 bridgehead atoms.